The number of hydrogen-bond donors (Lipinski definition) is 1. The Balaban J connectivity index is 2.22. The van der Waals surface area contributed by atoms with Crippen molar-refractivity contribution in [2.24, 2.45) is 0 Å². The number of nitrogen functional groups attached to an aromatic ring is 1. The summed E-state index contributed by atoms with van der Waals surface area (Å²) in [7, 11) is -1.09. The van der Waals surface area contributed by atoms with E-state index in [0.29, 0.717) is 11.4 Å². The van der Waals surface area contributed by atoms with Crippen LogP contribution in [-0.4, -0.2) is 4.21 Å². The van der Waals surface area contributed by atoms with Gasteiger partial charge in [-0.2, -0.15) is 0 Å². The first kappa shape index (κ1) is 12.8. The minimum atomic E-state index is -1.09. The topological polar surface area (TPSA) is 43.1 Å². The molecule has 18 heavy (non-hydrogen) atoms. The molecule has 2 rings (SSSR count). The van der Waals surface area contributed by atoms with E-state index in [9.17, 15) is 4.21 Å². The van der Waals surface area contributed by atoms with Crippen LogP contribution in [0.15, 0.2) is 47.4 Å². The lowest BCUT2D eigenvalue weighted by molar-refractivity contribution is 0.683. The standard InChI is InChI=1S/C15H17NOS/c1-11-7-8-13(9-12(11)2)10-18(17)15-6-4-3-5-14(15)16/h3-9H,10,16H2,1-2H3. The van der Waals surface area contributed by atoms with Crippen LogP contribution in [0.3, 0.4) is 0 Å². The molecule has 2 aromatic carbocycles. The van der Waals surface area contributed by atoms with E-state index in [0.717, 1.165) is 10.5 Å². The number of para-hydroxylation sites is 1. The molecule has 0 fully saturated rings. The lowest BCUT2D eigenvalue weighted by atomic mass is 10.1. The number of nitrogens with two attached hydrogens (primary N) is 1. The molecule has 2 N–H and O–H groups in total. The smallest absolute Gasteiger partial charge is 0.0620 e. The van der Waals surface area contributed by atoms with Crippen LogP contribution in [0, 0.1) is 13.8 Å². The molecule has 2 nitrogen and oxygen atoms in total. The van der Waals surface area contributed by atoms with Crippen molar-refractivity contribution >= 4 is 16.5 Å². The summed E-state index contributed by atoms with van der Waals surface area (Å²) in [4.78, 5) is 0.718. The third-order valence-corrected chi connectivity index (χ3v) is 4.49. The lowest BCUT2D eigenvalue weighted by Crippen LogP contribution is -2.01. The molecule has 0 aliphatic carbocycles. The normalized spacial score (nSPS) is 12.3. The summed E-state index contributed by atoms with van der Waals surface area (Å²) < 4.78 is 12.3. The molecule has 0 amide bonds. The number of anilines is 1. The van der Waals surface area contributed by atoms with Crippen molar-refractivity contribution in [1.29, 1.82) is 0 Å². The molecule has 1 atom stereocenters. The summed E-state index contributed by atoms with van der Waals surface area (Å²) in [6.07, 6.45) is 0. The van der Waals surface area contributed by atoms with Crippen LogP contribution in [0.1, 0.15) is 16.7 Å². The fourth-order valence-electron chi connectivity index (χ4n) is 1.81. The molecule has 0 aliphatic rings. The molecule has 0 heterocycles. The predicted molar refractivity (Wildman–Crippen MR) is 76.9 cm³/mol. The Kier molecular flexibility index (Phi) is 3.82. The van der Waals surface area contributed by atoms with Gasteiger partial charge in [-0.1, -0.05) is 30.3 Å². The second-order valence-electron chi connectivity index (χ2n) is 4.45. The van der Waals surface area contributed by atoms with Gasteiger partial charge in [0.2, 0.25) is 0 Å². The van der Waals surface area contributed by atoms with E-state index < -0.39 is 10.8 Å². The number of rotatable bonds is 3. The first-order valence-corrected chi connectivity index (χ1v) is 7.19. The van der Waals surface area contributed by atoms with Crippen LogP contribution in [0.5, 0.6) is 0 Å². The highest BCUT2D eigenvalue weighted by Crippen LogP contribution is 2.19. The summed E-state index contributed by atoms with van der Waals surface area (Å²) >= 11 is 0. The molecule has 1 unspecified atom stereocenters. The molecule has 0 spiro atoms. The van der Waals surface area contributed by atoms with Crippen LogP contribution in [0.2, 0.25) is 0 Å². The zero-order chi connectivity index (χ0) is 13.1. The van der Waals surface area contributed by atoms with E-state index in [4.69, 9.17) is 5.73 Å². The van der Waals surface area contributed by atoms with Gasteiger partial charge in [0.05, 0.1) is 21.4 Å². The Hall–Kier alpha value is -1.61. The van der Waals surface area contributed by atoms with E-state index in [1.165, 1.54) is 11.1 Å². The second-order valence-corrected chi connectivity index (χ2v) is 5.87. The molecule has 0 aromatic heterocycles. The summed E-state index contributed by atoms with van der Waals surface area (Å²) in [6.45, 7) is 4.14. The molecule has 94 valence electrons. The van der Waals surface area contributed by atoms with E-state index in [-0.39, 0.29) is 0 Å². The minimum absolute atomic E-state index is 0.509. The molecule has 0 saturated carbocycles. The average molecular weight is 259 g/mol. The third kappa shape index (κ3) is 2.79. The van der Waals surface area contributed by atoms with Gasteiger partial charge in [0.25, 0.3) is 0 Å². The van der Waals surface area contributed by atoms with Crippen molar-refractivity contribution in [1.82, 2.24) is 0 Å². The Morgan fingerprint density at radius 1 is 1.06 bits per heavy atom. The zero-order valence-electron chi connectivity index (χ0n) is 10.6. The Morgan fingerprint density at radius 3 is 2.44 bits per heavy atom. The van der Waals surface area contributed by atoms with Crippen molar-refractivity contribution in [2.45, 2.75) is 24.5 Å². The van der Waals surface area contributed by atoms with Crippen molar-refractivity contribution in [2.75, 3.05) is 5.73 Å². The number of hydrogen-bond acceptors (Lipinski definition) is 2. The average Bonchev–Trinajstić information content (AvgIpc) is 2.34. The molecule has 0 bridgehead atoms. The van der Waals surface area contributed by atoms with E-state index in [2.05, 4.69) is 26.0 Å². The number of aryl methyl sites for hydroxylation is 2. The van der Waals surface area contributed by atoms with Crippen molar-refractivity contribution < 1.29 is 4.21 Å². The number of benzene rings is 2. The zero-order valence-corrected chi connectivity index (χ0v) is 11.5. The van der Waals surface area contributed by atoms with Gasteiger partial charge in [0.1, 0.15) is 0 Å². The first-order chi connectivity index (χ1) is 8.58. The summed E-state index contributed by atoms with van der Waals surface area (Å²) in [5.74, 6) is 0.509. The molecule has 2 aromatic rings. The van der Waals surface area contributed by atoms with E-state index in [1.807, 2.05) is 24.3 Å². The van der Waals surface area contributed by atoms with Gasteiger partial charge in [0.15, 0.2) is 0 Å². The lowest BCUT2D eigenvalue weighted by Gasteiger charge is -2.07. The molecule has 3 heteroatoms. The first-order valence-electron chi connectivity index (χ1n) is 5.87. The minimum Gasteiger partial charge on any atom is -0.398 e. The summed E-state index contributed by atoms with van der Waals surface area (Å²) in [6, 6.07) is 13.5. The highest BCUT2D eigenvalue weighted by atomic mass is 32.2. The van der Waals surface area contributed by atoms with Crippen LogP contribution in [0.4, 0.5) is 5.69 Å². The van der Waals surface area contributed by atoms with Gasteiger partial charge in [-0.3, -0.25) is 4.21 Å². The maximum atomic E-state index is 12.3. The van der Waals surface area contributed by atoms with Gasteiger partial charge < -0.3 is 5.73 Å². The maximum absolute atomic E-state index is 12.3. The van der Waals surface area contributed by atoms with Crippen LogP contribution in [-0.2, 0) is 16.6 Å². The fraction of sp³-hybridized carbons (Fsp3) is 0.200. The van der Waals surface area contributed by atoms with Crippen LogP contribution in [0.25, 0.3) is 0 Å². The monoisotopic (exact) mass is 259 g/mol. The molecule has 0 radical (unpaired) electrons. The predicted octanol–water partition coefficient (Wildman–Crippen LogP) is 3.19. The fourth-order valence-corrected chi connectivity index (χ4v) is 3.01. The van der Waals surface area contributed by atoms with Gasteiger partial charge >= 0.3 is 0 Å². The second kappa shape index (κ2) is 5.36. The Bertz CT molecular complexity index is 593. The Labute approximate surface area is 110 Å². The van der Waals surface area contributed by atoms with E-state index in [1.54, 1.807) is 6.07 Å². The van der Waals surface area contributed by atoms with Gasteiger partial charge in [-0.15, -0.1) is 0 Å². The highest BCUT2D eigenvalue weighted by molar-refractivity contribution is 7.84. The van der Waals surface area contributed by atoms with Gasteiger partial charge in [-0.25, -0.2) is 0 Å². The summed E-state index contributed by atoms with van der Waals surface area (Å²) in [5, 5.41) is 0. The molecule has 0 saturated heterocycles. The van der Waals surface area contributed by atoms with Crippen LogP contribution >= 0.6 is 0 Å². The van der Waals surface area contributed by atoms with Gasteiger partial charge in [0, 0.05) is 5.69 Å². The van der Waals surface area contributed by atoms with E-state index >= 15 is 0 Å². The van der Waals surface area contributed by atoms with Gasteiger partial charge in [-0.05, 0) is 42.7 Å². The van der Waals surface area contributed by atoms with Crippen molar-refractivity contribution in [3.8, 4) is 0 Å². The SMILES string of the molecule is Cc1ccc(CS(=O)c2ccccc2N)cc1C. The maximum Gasteiger partial charge on any atom is 0.0620 e. The quantitative estimate of drug-likeness (QED) is 0.860. The molecular formula is C15H17NOS. The summed E-state index contributed by atoms with van der Waals surface area (Å²) in [5.41, 5.74) is 10.00. The van der Waals surface area contributed by atoms with Crippen LogP contribution < -0.4 is 5.73 Å². The van der Waals surface area contributed by atoms with Crippen molar-refractivity contribution in [3.05, 3.63) is 59.2 Å². The van der Waals surface area contributed by atoms with Crippen molar-refractivity contribution in [3.63, 3.8) is 0 Å². The Morgan fingerprint density at radius 2 is 1.78 bits per heavy atom. The highest BCUT2D eigenvalue weighted by Gasteiger charge is 2.08. The molecular weight excluding hydrogens is 242 g/mol. The molecule has 0 aliphatic heterocycles. The third-order valence-electron chi connectivity index (χ3n) is 3.03. The largest absolute Gasteiger partial charge is 0.398 e.